The Labute approximate surface area is 119 Å². The Morgan fingerprint density at radius 1 is 1.33 bits per heavy atom. The molecule has 0 aromatic carbocycles. The van der Waals surface area contributed by atoms with Gasteiger partial charge in [-0.3, -0.25) is 4.79 Å². The second-order valence-corrected chi connectivity index (χ2v) is 7.26. The van der Waals surface area contributed by atoms with E-state index in [-0.39, 0.29) is 5.01 Å². The average Bonchev–Trinajstić information content (AvgIpc) is 2.61. The third kappa shape index (κ3) is 3.66. The van der Waals surface area contributed by atoms with Crippen LogP contribution in [0.5, 0.6) is 0 Å². The third-order valence-electron chi connectivity index (χ3n) is 1.69. The normalized spacial score (nSPS) is 15.0. The van der Waals surface area contributed by atoms with Crippen molar-refractivity contribution >= 4 is 47.3 Å². The number of halogens is 1. The van der Waals surface area contributed by atoms with Gasteiger partial charge in [-0.15, -0.1) is 22.8 Å². The van der Waals surface area contributed by atoms with E-state index < -0.39 is 21.6 Å². The Morgan fingerprint density at radius 3 is 2.28 bits per heavy atom. The van der Waals surface area contributed by atoms with Gasteiger partial charge in [0.05, 0.1) is 0 Å². The van der Waals surface area contributed by atoms with Crippen LogP contribution >= 0.6 is 35.6 Å². The van der Waals surface area contributed by atoms with Crippen molar-refractivity contribution in [1.82, 2.24) is 10.2 Å². The lowest BCUT2D eigenvalue weighted by molar-refractivity contribution is -0.162. The number of alkyl halides is 1. The van der Waals surface area contributed by atoms with Gasteiger partial charge in [-0.25, -0.2) is 4.79 Å². The SMILES string of the molecule is Cc1nnc(C(S)(Cl)C(=O)C(=O)OC(C)(C)C)s1. The van der Waals surface area contributed by atoms with E-state index in [4.69, 9.17) is 16.3 Å². The number of rotatable bonds is 3. The first kappa shape index (κ1) is 15.4. The Balaban J connectivity index is 2.92. The number of ether oxygens (including phenoxy) is 1. The van der Waals surface area contributed by atoms with E-state index in [0.717, 1.165) is 11.3 Å². The quantitative estimate of drug-likeness (QED) is 0.401. The molecule has 1 heterocycles. The summed E-state index contributed by atoms with van der Waals surface area (Å²) in [5.41, 5.74) is -0.773. The van der Waals surface area contributed by atoms with Crippen LogP contribution in [0, 0.1) is 6.92 Å². The first-order valence-electron chi connectivity index (χ1n) is 5.03. The van der Waals surface area contributed by atoms with E-state index in [9.17, 15) is 9.59 Å². The number of ketones is 1. The predicted molar refractivity (Wildman–Crippen MR) is 72.0 cm³/mol. The molecule has 0 radical (unpaired) electrons. The van der Waals surface area contributed by atoms with Gasteiger partial charge in [0.25, 0.3) is 5.78 Å². The van der Waals surface area contributed by atoms with Crippen molar-refractivity contribution in [2.45, 2.75) is 37.5 Å². The molecule has 0 aliphatic carbocycles. The highest BCUT2D eigenvalue weighted by Crippen LogP contribution is 2.36. The average molecular weight is 309 g/mol. The topological polar surface area (TPSA) is 69.2 Å². The van der Waals surface area contributed by atoms with Crippen LogP contribution in [-0.2, 0) is 18.5 Å². The molecule has 1 aromatic heterocycles. The van der Waals surface area contributed by atoms with Crippen LogP contribution in [0.3, 0.4) is 0 Å². The molecule has 0 spiro atoms. The highest BCUT2D eigenvalue weighted by Gasteiger charge is 2.44. The maximum Gasteiger partial charge on any atom is 0.378 e. The summed E-state index contributed by atoms with van der Waals surface area (Å²) in [6.07, 6.45) is 0. The zero-order chi connectivity index (χ0) is 14.1. The summed E-state index contributed by atoms with van der Waals surface area (Å²) < 4.78 is 3.11. The van der Waals surface area contributed by atoms with Crippen molar-refractivity contribution in [2.24, 2.45) is 0 Å². The number of nitrogens with zero attached hydrogens (tertiary/aromatic N) is 2. The smallest absolute Gasteiger partial charge is 0.378 e. The standard InChI is InChI=1S/C10H13ClN2O3S2/c1-5-12-13-8(18-5)10(11,17)6(14)7(15)16-9(2,3)4/h17H,1-4H3. The fourth-order valence-corrected chi connectivity index (χ4v) is 2.16. The van der Waals surface area contributed by atoms with E-state index in [0.29, 0.717) is 5.01 Å². The van der Waals surface area contributed by atoms with Crippen LogP contribution in [0.1, 0.15) is 30.8 Å². The summed E-state index contributed by atoms with van der Waals surface area (Å²) in [5, 5.41) is 8.23. The lowest BCUT2D eigenvalue weighted by atomic mass is 10.2. The largest absolute Gasteiger partial charge is 0.454 e. The molecule has 0 N–H and O–H groups in total. The Morgan fingerprint density at radius 2 is 1.89 bits per heavy atom. The second kappa shape index (κ2) is 5.14. The predicted octanol–water partition coefficient (Wildman–Crippen LogP) is 2.08. The van der Waals surface area contributed by atoms with Crippen LogP contribution in [0.25, 0.3) is 0 Å². The lowest BCUT2D eigenvalue weighted by Crippen LogP contribution is -2.36. The maximum atomic E-state index is 11.9. The molecular formula is C10H13ClN2O3S2. The number of esters is 1. The van der Waals surface area contributed by atoms with E-state index in [2.05, 4.69) is 22.8 Å². The summed E-state index contributed by atoms with van der Waals surface area (Å²) in [6, 6.07) is 0. The Hall–Kier alpha value is -0.660. The van der Waals surface area contributed by atoms with Gasteiger partial charge in [-0.1, -0.05) is 22.9 Å². The van der Waals surface area contributed by atoms with E-state index in [1.807, 2.05) is 0 Å². The van der Waals surface area contributed by atoms with Gasteiger partial charge in [0.15, 0.2) is 5.01 Å². The Bertz CT molecular complexity index is 480. The summed E-state index contributed by atoms with van der Waals surface area (Å²) in [5.74, 6) is -2.01. The number of Topliss-reactive ketones (excluding diaryl/α,β-unsaturated/α-hetero) is 1. The highest BCUT2D eigenvalue weighted by atomic mass is 35.5. The number of carbonyl (C=O) groups excluding carboxylic acids is 2. The van der Waals surface area contributed by atoms with Crippen molar-refractivity contribution in [3.63, 3.8) is 0 Å². The van der Waals surface area contributed by atoms with Crippen LogP contribution in [0.15, 0.2) is 0 Å². The van der Waals surface area contributed by atoms with Crippen molar-refractivity contribution in [3.05, 3.63) is 10.0 Å². The molecule has 0 amide bonds. The minimum absolute atomic E-state index is 0.154. The molecule has 0 bridgehead atoms. The zero-order valence-electron chi connectivity index (χ0n) is 10.4. The molecule has 1 rings (SSSR count). The van der Waals surface area contributed by atoms with Gasteiger partial charge in [0.1, 0.15) is 10.6 Å². The molecule has 0 aliphatic heterocycles. The molecule has 18 heavy (non-hydrogen) atoms. The Kier molecular flexibility index (Phi) is 4.40. The number of hydrogen-bond donors (Lipinski definition) is 1. The summed E-state index contributed by atoms with van der Waals surface area (Å²) in [4.78, 5) is 23.5. The maximum absolute atomic E-state index is 11.9. The number of aromatic nitrogens is 2. The first-order chi connectivity index (χ1) is 8.04. The number of thiol groups is 1. The summed E-state index contributed by atoms with van der Waals surface area (Å²) in [6.45, 7) is 6.67. The highest BCUT2D eigenvalue weighted by molar-refractivity contribution is 7.84. The van der Waals surface area contributed by atoms with Gasteiger partial charge < -0.3 is 4.74 Å². The minimum Gasteiger partial charge on any atom is -0.454 e. The molecule has 0 fully saturated rings. The van der Waals surface area contributed by atoms with Gasteiger partial charge in [-0.2, -0.15) is 0 Å². The molecule has 8 heteroatoms. The second-order valence-electron chi connectivity index (χ2n) is 4.58. The third-order valence-corrected chi connectivity index (χ3v) is 3.68. The van der Waals surface area contributed by atoms with E-state index >= 15 is 0 Å². The molecule has 1 atom stereocenters. The van der Waals surface area contributed by atoms with Crippen LogP contribution in [0.2, 0.25) is 0 Å². The molecular weight excluding hydrogens is 296 g/mol. The van der Waals surface area contributed by atoms with Crippen LogP contribution < -0.4 is 0 Å². The molecule has 1 unspecified atom stereocenters. The molecule has 0 saturated carbocycles. The van der Waals surface area contributed by atoms with E-state index in [1.165, 1.54) is 0 Å². The monoisotopic (exact) mass is 308 g/mol. The fourth-order valence-electron chi connectivity index (χ4n) is 0.987. The van der Waals surface area contributed by atoms with Crippen molar-refractivity contribution in [2.75, 3.05) is 0 Å². The zero-order valence-corrected chi connectivity index (χ0v) is 12.8. The van der Waals surface area contributed by atoms with Crippen LogP contribution in [-0.4, -0.2) is 27.6 Å². The lowest BCUT2D eigenvalue weighted by Gasteiger charge is -2.21. The number of hydrogen-bond acceptors (Lipinski definition) is 7. The van der Waals surface area contributed by atoms with Crippen LogP contribution in [0.4, 0.5) is 0 Å². The number of carbonyl (C=O) groups is 2. The molecule has 0 aliphatic rings. The number of aryl methyl sites for hydroxylation is 1. The van der Waals surface area contributed by atoms with Crippen molar-refractivity contribution < 1.29 is 14.3 Å². The van der Waals surface area contributed by atoms with Crippen molar-refractivity contribution in [3.8, 4) is 0 Å². The van der Waals surface area contributed by atoms with Gasteiger partial charge >= 0.3 is 5.97 Å². The fraction of sp³-hybridized carbons (Fsp3) is 0.600. The molecule has 5 nitrogen and oxygen atoms in total. The summed E-state index contributed by atoms with van der Waals surface area (Å²) >= 11 is 11.1. The first-order valence-corrected chi connectivity index (χ1v) is 6.68. The summed E-state index contributed by atoms with van der Waals surface area (Å²) in [7, 11) is 0. The molecule has 0 saturated heterocycles. The van der Waals surface area contributed by atoms with Gasteiger partial charge in [-0.05, 0) is 27.7 Å². The van der Waals surface area contributed by atoms with E-state index in [1.54, 1.807) is 27.7 Å². The molecule has 100 valence electrons. The van der Waals surface area contributed by atoms with Crippen molar-refractivity contribution in [1.29, 1.82) is 0 Å². The van der Waals surface area contributed by atoms with Gasteiger partial charge in [0.2, 0.25) is 4.21 Å². The minimum atomic E-state index is -1.84. The molecule has 1 aromatic rings. The van der Waals surface area contributed by atoms with Gasteiger partial charge in [0, 0.05) is 0 Å².